The number of nitrogens with one attached hydrogen (secondary N) is 2. The lowest BCUT2D eigenvalue weighted by atomic mass is 9.95. The van der Waals surface area contributed by atoms with Gasteiger partial charge in [0, 0.05) is 6.20 Å². The van der Waals surface area contributed by atoms with E-state index in [9.17, 15) is 24.9 Å². The molecule has 4 atom stereocenters. The molecule has 0 saturated carbocycles. The Labute approximate surface area is 135 Å². The van der Waals surface area contributed by atoms with Crippen molar-refractivity contribution in [2.24, 2.45) is 0 Å². The van der Waals surface area contributed by atoms with Crippen molar-refractivity contribution in [3.8, 4) is 0 Å². The average Bonchev–Trinajstić information content (AvgIpc) is 2.69. The third-order valence-electron chi connectivity index (χ3n) is 4.06. The number of ether oxygens (including phenoxy) is 1. The molecule has 0 amide bonds. The number of carboxylic acids is 1. The van der Waals surface area contributed by atoms with Crippen LogP contribution in [0.3, 0.4) is 0 Å². The predicted octanol–water partition coefficient (Wildman–Crippen LogP) is -2.06. The van der Waals surface area contributed by atoms with E-state index in [-0.39, 0.29) is 4.77 Å². The maximum atomic E-state index is 11.6. The van der Waals surface area contributed by atoms with Crippen molar-refractivity contribution in [3.63, 3.8) is 0 Å². The molecule has 128 valence electrons. The molecule has 0 unspecified atom stereocenters. The van der Waals surface area contributed by atoms with Crippen molar-refractivity contribution in [2.75, 3.05) is 13.7 Å². The Balaban J connectivity index is 2.73. The number of aliphatic hydroxyl groups is 3. The molecule has 1 aliphatic heterocycles. The van der Waals surface area contributed by atoms with Crippen molar-refractivity contribution >= 4 is 18.2 Å². The zero-order valence-corrected chi connectivity index (χ0v) is 13.1. The van der Waals surface area contributed by atoms with Gasteiger partial charge in [-0.3, -0.25) is 19.7 Å². The number of aromatic nitrogens is 2. The number of rotatable bonds is 4. The molecule has 10 nitrogen and oxygen atoms in total. The van der Waals surface area contributed by atoms with Gasteiger partial charge in [0.25, 0.3) is 5.56 Å². The van der Waals surface area contributed by atoms with Crippen LogP contribution in [0.4, 0.5) is 0 Å². The van der Waals surface area contributed by atoms with Crippen LogP contribution < -0.4 is 10.9 Å². The molecular formula is C12H17N3O7S. The number of likely N-dealkylation sites (N-methyl/N-ethyl adjacent to an activating group) is 1. The first-order valence-corrected chi connectivity index (χ1v) is 7.01. The molecule has 11 heteroatoms. The van der Waals surface area contributed by atoms with E-state index in [0.29, 0.717) is 0 Å². The van der Waals surface area contributed by atoms with Gasteiger partial charge in [0.15, 0.2) is 16.2 Å². The molecule has 0 aromatic carbocycles. The van der Waals surface area contributed by atoms with E-state index in [0.717, 1.165) is 10.8 Å². The zero-order chi connectivity index (χ0) is 17.6. The second kappa shape index (κ2) is 5.78. The molecule has 0 radical (unpaired) electrons. The SMILES string of the molecule is CN[C@@]1(O)[C@H](O)[C@@H](CO)O[C@@]1(C)n1cc(C(=O)O)c(=O)[nH]c1=S. The molecular weight excluding hydrogens is 330 g/mol. The summed E-state index contributed by atoms with van der Waals surface area (Å²) in [4.78, 5) is 25.0. The lowest BCUT2D eigenvalue weighted by Gasteiger charge is -2.40. The second-order valence-corrected chi connectivity index (χ2v) is 5.65. The number of carbonyl (C=O) groups is 1. The highest BCUT2D eigenvalue weighted by atomic mass is 32.1. The Morgan fingerprint density at radius 1 is 1.61 bits per heavy atom. The first-order valence-electron chi connectivity index (χ1n) is 6.60. The third-order valence-corrected chi connectivity index (χ3v) is 4.36. The van der Waals surface area contributed by atoms with Crippen LogP contribution in [0.1, 0.15) is 17.3 Å². The summed E-state index contributed by atoms with van der Waals surface area (Å²) in [5, 5.41) is 41.8. The molecule has 23 heavy (non-hydrogen) atoms. The molecule has 6 N–H and O–H groups in total. The van der Waals surface area contributed by atoms with E-state index in [4.69, 9.17) is 22.1 Å². The van der Waals surface area contributed by atoms with Gasteiger partial charge in [-0.1, -0.05) is 0 Å². The van der Waals surface area contributed by atoms with Crippen LogP contribution in [0.25, 0.3) is 0 Å². The zero-order valence-electron chi connectivity index (χ0n) is 12.3. The quantitative estimate of drug-likeness (QED) is 0.266. The number of aromatic amines is 1. The van der Waals surface area contributed by atoms with E-state index >= 15 is 0 Å². The van der Waals surface area contributed by atoms with Gasteiger partial charge in [0.2, 0.25) is 0 Å². The van der Waals surface area contributed by atoms with Crippen LogP contribution in [0, 0.1) is 4.77 Å². The number of carboxylic acid groups (broad SMARTS) is 1. The summed E-state index contributed by atoms with van der Waals surface area (Å²) in [5.74, 6) is -1.50. The highest BCUT2D eigenvalue weighted by Crippen LogP contribution is 2.41. The summed E-state index contributed by atoms with van der Waals surface area (Å²) < 4.78 is 6.32. The minimum Gasteiger partial charge on any atom is -0.477 e. The number of hydrogen-bond acceptors (Lipinski definition) is 8. The Morgan fingerprint density at radius 2 is 2.22 bits per heavy atom. The van der Waals surface area contributed by atoms with E-state index in [1.807, 2.05) is 0 Å². The first kappa shape index (κ1) is 17.7. The summed E-state index contributed by atoms with van der Waals surface area (Å²) in [6.07, 6.45) is -1.78. The van der Waals surface area contributed by atoms with Gasteiger partial charge in [0.05, 0.1) is 6.61 Å². The Bertz CT molecular complexity index is 747. The average molecular weight is 347 g/mol. The summed E-state index contributed by atoms with van der Waals surface area (Å²) >= 11 is 5.01. The Kier molecular flexibility index (Phi) is 4.45. The lowest BCUT2D eigenvalue weighted by molar-refractivity contribution is -0.198. The number of H-pyrrole nitrogens is 1. The van der Waals surface area contributed by atoms with Gasteiger partial charge in [-0.2, -0.15) is 0 Å². The molecule has 1 aromatic rings. The standard InChI is InChI=1S/C12H17N3O7S/c1-11(12(21,13-2)7(17)6(4-16)22-11)15-3-5(9(19)20)8(18)14-10(15)23/h3,6-7,13,16-17,21H,4H2,1-2H3,(H,19,20)(H,14,18,23)/t6-,7-,11-,12-/m1/s1. The summed E-state index contributed by atoms with van der Waals surface area (Å²) in [6, 6.07) is 0. The van der Waals surface area contributed by atoms with Crippen LogP contribution in [0.2, 0.25) is 0 Å². The van der Waals surface area contributed by atoms with Crippen molar-refractivity contribution in [2.45, 2.75) is 30.6 Å². The summed E-state index contributed by atoms with van der Waals surface area (Å²) in [7, 11) is 1.35. The van der Waals surface area contributed by atoms with Crippen molar-refractivity contribution in [1.82, 2.24) is 14.9 Å². The van der Waals surface area contributed by atoms with Crippen LogP contribution >= 0.6 is 12.2 Å². The van der Waals surface area contributed by atoms with E-state index < -0.39 is 47.4 Å². The van der Waals surface area contributed by atoms with Gasteiger partial charge >= 0.3 is 5.97 Å². The molecule has 0 aliphatic carbocycles. The molecule has 2 heterocycles. The van der Waals surface area contributed by atoms with Crippen LogP contribution in [0.5, 0.6) is 0 Å². The molecule has 2 rings (SSSR count). The number of hydrogen-bond donors (Lipinski definition) is 6. The van der Waals surface area contributed by atoms with Gasteiger partial charge < -0.3 is 25.2 Å². The fourth-order valence-corrected chi connectivity index (χ4v) is 3.01. The van der Waals surface area contributed by atoms with Crippen molar-refractivity contribution in [3.05, 3.63) is 26.9 Å². The second-order valence-electron chi connectivity index (χ2n) is 5.26. The molecule has 0 bridgehead atoms. The van der Waals surface area contributed by atoms with E-state index in [1.165, 1.54) is 14.0 Å². The highest BCUT2D eigenvalue weighted by molar-refractivity contribution is 7.71. The van der Waals surface area contributed by atoms with Crippen LogP contribution in [-0.4, -0.2) is 67.5 Å². The van der Waals surface area contributed by atoms with Gasteiger partial charge in [0.1, 0.15) is 17.8 Å². The largest absolute Gasteiger partial charge is 0.477 e. The fourth-order valence-electron chi connectivity index (χ4n) is 2.69. The van der Waals surface area contributed by atoms with E-state index in [2.05, 4.69) is 10.3 Å². The van der Waals surface area contributed by atoms with Gasteiger partial charge in [-0.15, -0.1) is 0 Å². The number of aromatic carboxylic acids is 1. The minimum atomic E-state index is -2.10. The smallest absolute Gasteiger partial charge is 0.342 e. The summed E-state index contributed by atoms with van der Waals surface area (Å²) in [5.41, 5.74) is -5.43. The van der Waals surface area contributed by atoms with E-state index in [1.54, 1.807) is 0 Å². The predicted molar refractivity (Wildman–Crippen MR) is 78.5 cm³/mol. The maximum absolute atomic E-state index is 11.6. The third kappa shape index (κ3) is 2.41. The van der Waals surface area contributed by atoms with Gasteiger partial charge in [-0.25, -0.2) is 4.79 Å². The Hall–Kier alpha value is -1.63. The Morgan fingerprint density at radius 3 is 2.70 bits per heavy atom. The summed E-state index contributed by atoms with van der Waals surface area (Å²) in [6.45, 7) is 0.741. The monoisotopic (exact) mass is 347 g/mol. The van der Waals surface area contributed by atoms with Crippen molar-refractivity contribution in [1.29, 1.82) is 0 Å². The van der Waals surface area contributed by atoms with Crippen LogP contribution in [-0.2, 0) is 10.5 Å². The van der Waals surface area contributed by atoms with Gasteiger partial charge in [-0.05, 0) is 26.2 Å². The first-order chi connectivity index (χ1) is 10.6. The minimum absolute atomic E-state index is 0.220. The molecule has 1 fully saturated rings. The van der Waals surface area contributed by atoms with Crippen molar-refractivity contribution < 1.29 is 30.0 Å². The normalized spacial score (nSPS) is 33.8. The fraction of sp³-hybridized carbons (Fsp3) is 0.583. The highest BCUT2D eigenvalue weighted by Gasteiger charge is 2.63. The molecule has 1 aromatic heterocycles. The lowest BCUT2D eigenvalue weighted by Crippen LogP contribution is -2.64. The maximum Gasteiger partial charge on any atom is 0.342 e. The number of nitrogens with zero attached hydrogens (tertiary/aromatic N) is 1. The number of aliphatic hydroxyl groups excluding tert-OH is 2. The van der Waals surface area contributed by atoms with Crippen LogP contribution in [0.15, 0.2) is 11.0 Å². The topological polar surface area (TPSA) is 157 Å². The molecule has 1 aliphatic rings. The molecule has 0 spiro atoms. The molecule has 1 saturated heterocycles.